The molecule has 3 heterocycles. The SMILES string of the molecule is O=C(O)c1nc(C2CCOCC2)nc2c1CNCC2. The number of carboxylic acid groups (broad SMARTS) is 1. The van der Waals surface area contributed by atoms with E-state index in [9.17, 15) is 9.90 Å². The van der Waals surface area contributed by atoms with Crippen molar-refractivity contribution in [2.24, 2.45) is 0 Å². The second-order valence-corrected chi connectivity index (χ2v) is 4.97. The Bertz CT molecular complexity index is 498. The van der Waals surface area contributed by atoms with E-state index in [4.69, 9.17) is 4.74 Å². The summed E-state index contributed by atoms with van der Waals surface area (Å²) in [4.78, 5) is 20.3. The Hall–Kier alpha value is -1.53. The number of carboxylic acids is 1. The molecular formula is C13H17N3O3. The molecule has 2 aliphatic heterocycles. The van der Waals surface area contributed by atoms with E-state index in [1.54, 1.807) is 0 Å². The number of ether oxygens (including phenoxy) is 1. The number of hydrogen-bond acceptors (Lipinski definition) is 5. The molecule has 1 aromatic rings. The van der Waals surface area contributed by atoms with Gasteiger partial charge < -0.3 is 15.2 Å². The van der Waals surface area contributed by atoms with E-state index in [0.29, 0.717) is 25.6 Å². The molecule has 2 N–H and O–H groups in total. The Morgan fingerprint density at radius 1 is 1.32 bits per heavy atom. The third-order valence-electron chi connectivity index (χ3n) is 3.74. The van der Waals surface area contributed by atoms with Gasteiger partial charge >= 0.3 is 5.97 Å². The van der Waals surface area contributed by atoms with Gasteiger partial charge in [0.2, 0.25) is 0 Å². The summed E-state index contributed by atoms with van der Waals surface area (Å²) in [5.74, 6) is -0.0518. The third kappa shape index (κ3) is 2.46. The van der Waals surface area contributed by atoms with Crippen molar-refractivity contribution in [2.45, 2.75) is 31.7 Å². The molecule has 0 radical (unpaired) electrons. The Morgan fingerprint density at radius 3 is 2.84 bits per heavy atom. The van der Waals surface area contributed by atoms with Gasteiger partial charge in [0.25, 0.3) is 0 Å². The van der Waals surface area contributed by atoms with Crippen LogP contribution in [0.25, 0.3) is 0 Å². The zero-order valence-corrected chi connectivity index (χ0v) is 10.7. The Labute approximate surface area is 111 Å². The van der Waals surface area contributed by atoms with Crippen molar-refractivity contribution in [3.8, 4) is 0 Å². The molecular weight excluding hydrogens is 246 g/mol. The van der Waals surface area contributed by atoms with Crippen LogP contribution in [0.1, 0.15) is 46.3 Å². The van der Waals surface area contributed by atoms with Gasteiger partial charge in [0.15, 0.2) is 5.69 Å². The van der Waals surface area contributed by atoms with E-state index in [1.165, 1.54) is 0 Å². The lowest BCUT2D eigenvalue weighted by atomic mass is 9.97. The van der Waals surface area contributed by atoms with Crippen LogP contribution in [0.3, 0.4) is 0 Å². The second kappa shape index (κ2) is 5.22. The van der Waals surface area contributed by atoms with Gasteiger partial charge in [-0.2, -0.15) is 0 Å². The Balaban J connectivity index is 2.00. The molecule has 6 nitrogen and oxygen atoms in total. The maximum atomic E-state index is 11.4. The fourth-order valence-electron chi connectivity index (χ4n) is 2.68. The maximum absolute atomic E-state index is 11.4. The summed E-state index contributed by atoms with van der Waals surface area (Å²) in [5, 5.41) is 12.5. The highest BCUT2D eigenvalue weighted by Crippen LogP contribution is 2.26. The zero-order chi connectivity index (χ0) is 13.2. The molecule has 3 rings (SSSR count). The number of aromatic carboxylic acids is 1. The first-order valence-corrected chi connectivity index (χ1v) is 6.67. The fraction of sp³-hybridized carbons (Fsp3) is 0.615. The standard InChI is InChI=1S/C13H17N3O3/c17-13(18)11-9-7-14-4-1-10(9)15-12(16-11)8-2-5-19-6-3-8/h8,14H,1-7H2,(H,17,18). The molecule has 102 valence electrons. The van der Waals surface area contributed by atoms with Gasteiger partial charge in [-0.15, -0.1) is 0 Å². The highest BCUT2D eigenvalue weighted by Gasteiger charge is 2.25. The van der Waals surface area contributed by atoms with E-state index < -0.39 is 5.97 Å². The van der Waals surface area contributed by atoms with Crippen LogP contribution < -0.4 is 5.32 Å². The smallest absolute Gasteiger partial charge is 0.354 e. The average Bonchev–Trinajstić information content (AvgIpc) is 2.47. The predicted molar refractivity (Wildman–Crippen MR) is 67.2 cm³/mol. The van der Waals surface area contributed by atoms with Gasteiger partial charge in [0.05, 0.1) is 5.69 Å². The first kappa shape index (κ1) is 12.5. The molecule has 19 heavy (non-hydrogen) atoms. The lowest BCUT2D eigenvalue weighted by Gasteiger charge is -2.24. The van der Waals surface area contributed by atoms with Crippen LogP contribution in [-0.2, 0) is 17.7 Å². The quantitative estimate of drug-likeness (QED) is 0.817. The lowest BCUT2D eigenvalue weighted by molar-refractivity contribution is 0.0685. The van der Waals surface area contributed by atoms with E-state index in [0.717, 1.165) is 37.1 Å². The monoisotopic (exact) mass is 263 g/mol. The third-order valence-corrected chi connectivity index (χ3v) is 3.74. The van der Waals surface area contributed by atoms with Crippen LogP contribution in [0.2, 0.25) is 0 Å². The van der Waals surface area contributed by atoms with Crippen molar-refractivity contribution in [1.29, 1.82) is 0 Å². The summed E-state index contributed by atoms with van der Waals surface area (Å²) in [5.41, 5.74) is 1.81. The van der Waals surface area contributed by atoms with Crippen molar-refractivity contribution in [3.05, 3.63) is 22.8 Å². The number of fused-ring (bicyclic) bond motifs is 1. The largest absolute Gasteiger partial charge is 0.476 e. The van der Waals surface area contributed by atoms with Crippen LogP contribution in [0.5, 0.6) is 0 Å². The molecule has 0 spiro atoms. The number of nitrogens with one attached hydrogen (secondary N) is 1. The summed E-state index contributed by atoms with van der Waals surface area (Å²) in [6, 6.07) is 0. The molecule has 1 fully saturated rings. The van der Waals surface area contributed by atoms with Crippen LogP contribution >= 0.6 is 0 Å². The van der Waals surface area contributed by atoms with Crippen LogP contribution in [0.15, 0.2) is 0 Å². The van der Waals surface area contributed by atoms with E-state index in [1.807, 2.05) is 0 Å². The second-order valence-electron chi connectivity index (χ2n) is 4.97. The average molecular weight is 263 g/mol. The summed E-state index contributed by atoms with van der Waals surface area (Å²) >= 11 is 0. The van der Waals surface area contributed by atoms with E-state index in [-0.39, 0.29) is 11.6 Å². The molecule has 0 aromatic carbocycles. The lowest BCUT2D eigenvalue weighted by Crippen LogP contribution is -2.29. The molecule has 0 unspecified atom stereocenters. The zero-order valence-electron chi connectivity index (χ0n) is 10.7. The number of nitrogens with zero attached hydrogens (tertiary/aromatic N) is 2. The van der Waals surface area contributed by atoms with Crippen LogP contribution in [-0.4, -0.2) is 40.8 Å². The highest BCUT2D eigenvalue weighted by molar-refractivity contribution is 5.87. The summed E-state index contributed by atoms with van der Waals surface area (Å²) in [7, 11) is 0. The number of rotatable bonds is 2. The van der Waals surface area contributed by atoms with Crippen molar-refractivity contribution in [3.63, 3.8) is 0 Å². The maximum Gasteiger partial charge on any atom is 0.354 e. The van der Waals surface area contributed by atoms with Gasteiger partial charge in [0.1, 0.15) is 5.82 Å². The van der Waals surface area contributed by atoms with Crippen molar-refractivity contribution >= 4 is 5.97 Å². The topological polar surface area (TPSA) is 84.3 Å². The van der Waals surface area contributed by atoms with Crippen LogP contribution in [0, 0.1) is 0 Å². The van der Waals surface area contributed by atoms with E-state index >= 15 is 0 Å². The van der Waals surface area contributed by atoms with E-state index in [2.05, 4.69) is 15.3 Å². The normalized spacial score (nSPS) is 20.0. The first-order valence-electron chi connectivity index (χ1n) is 6.67. The molecule has 0 bridgehead atoms. The molecule has 0 atom stereocenters. The molecule has 6 heteroatoms. The fourth-order valence-corrected chi connectivity index (χ4v) is 2.68. The predicted octanol–water partition coefficient (Wildman–Crippen LogP) is 0.714. The molecule has 0 aliphatic carbocycles. The summed E-state index contributed by atoms with van der Waals surface area (Å²) in [6.45, 7) is 2.80. The molecule has 1 aromatic heterocycles. The van der Waals surface area contributed by atoms with Crippen LogP contribution in [0.4, 0.5) is 0 Å². The van der Waals surface area contributed by atoms with Crippen molar-refractivity contribution in [1.82, 2.24) is 15.3 Å². The summed E-state index contributed by atoms with van der Waals surface area (Å²) < 4.78 is 5.33. The summed E-state index contributed by atoms with van der Waals surface area (Å²) in [6.07, 6.45) is 2.51. The highest BCUT2D eigenvalue weighted by atomic mass is 16.5. The first-order chi connectivity index (χ1) is 9.25. The molecule has 0 saturated carbocycles. The Morgan fingerprint density at radius 2 is 2.11 bits per heavy atom. The van der Waals surface area contributed by atoms with Gasteiger partial charge in [-0.3, -0.25) is 0 Å². The number of hydrogen-bond donors (Lipinski definition) is 2. The minimum Gasteiger partial charge on any atom is -0.476 e. The molecule has 1 saturated heterocycles. The molecule has 2 aliphatic rings. The number of aromatic nitrogens is 2. The van der Waals surface area contributed by atoms with Gasteiger partial charge in [-0.1, -0.05) is 0 Å². The minimum atomic E-state index is -0.962. The van der Waals surface area contributed by atoms with Crippen molar-refractivity contribution < 1.29 is 14.6 Å². The van der Waals surface area contributed by atoms with Gasteiger partial charge in [-0.05, 0) is 12.8 Å². The van der Waals surface area contributed by atoms with Gasteiger partial charge in [0, 0.05) is 44.2 Å². The molecule has 0 amide bonds. The van der Waals surface area contributed by atoms with Crippen molar-refractivity contribution in [2.75, 3.05) is 19.8 Å². The van der Waals surface area contributed by atoms with Gasteiger partial charge in [-0.25, -0.2) is 14.8 Å². The number of carbonyl (C=O) groups is 1. The Kier molecular flexibility index (Phi) is 3.44. The minimum absolute atomic E-state index is 0.165.